The van der Waals surface area contributed by atoms with Crippen molar-refractivity contribution in [1.82, 2.24) is 0 Å². The van der Waals surface area contributed by atoms with Gasteiger partial charge in [0.15, 0.2) is 0 Å². The van der Waals surface area contributed by atoms with E-state index in [-0.39, 0.29) is 12.4 Å². The monoisotopic (exact) mass is 162 g/mol. The number of hydrogen-bond acceptors (Lipinski definition) is 2. The van der Waals surface area contributed by atoms with E-state index in [2.05, 4.69) is 0 Å². The number of para-hydroxylation sites is 1. The topological polar surface area (TPSA) is 26.3 Å². The Balaban J connectivity index is 2.47. The van der Waals surface area contributed by atoms with Gasteiger partial charge in [0.2, 0.25) is 0 Å². The quantitative estimate of drug-likeness (QED) is 0.502. The van der Waals surface area contributed by atoms with Crippen LogP contribution in [0.4, 0.5) is 0 Å². The van der Waals surface area contributed by atoms with Crippen molar-refractivity contribution in [2.75, 3.05) is 0 Å². The van der Waals surface area contributed by atoms with Crippen molar-refractivity contribution in [3.63, 3.8) is 0 Å². The van der Waals surface area contributed by atoms with E-state index in [0.717, 1.165) is 0 Å². The molecule has 0 saturated carbocycles. The molecule has 0 aliphatic rings. The Bertz CT molecular complexity index is 241. The molecular formula is C10H10O2. The summed E-state index contributed by atoms with van der Waals surface area (Å²) in [6.45, 7) is 5.18. The van der Waals surface area contributed by atoms with Crippen molar-refractivity contribution < 1.29 is 9.53 Å². The van der Waals surface area contributed by atoms with Gasteiger partial charge in [-0.3, -0.25) is 4.79 Å². The summed E-state index contributed by atoms with van der Waals surface area (Å²) in [6, 6.07) is 8.94. The van der Waals surface area contributed by atoms with Gasteiger partial charge in [0.1, 0.15) is 5.75 Å². The maximum atomic E-state index is 10.9. The molecule has 0 unspecified atom stereocenters. The van der Waals surface area contributed by atoms with Gasteiger partial charge in [0.25, 0.3) is 0 Å². The summed E-state index contributed by atoms with van der Waals surface area (Å²) in [4.78, 5) is 10.9. The third kappa shape index (κ3) is 2.74. The highest BCUT2D eigenvalue weighted by Crippen LogP contribution is 2.09. The van der Waals surface area contributed by atoms with Crippen LogP contribution in [0.2, 0.25) is 0 Å². The summed E-state index contributed by atoms with van der Waals surface area (Å²) in [6.07, 6.45) is 0.584. The lowest BCUT2D eigenvalue weighted by atomic mass is 10.3. The van der Waals surface area contributed by atoms with Crippen LogP contribution in [0.25, 0.3) is 0 Å². The first-order valence-corrected chi connectivity index (χ1v) is 3.78. The van der Waals surface area contributed by atoms with Crippen LogP contribution in [0.5, 0.6) is 5.75 Å². The summed E-state index contributed by atoms with van der Waals surface area (Å²) in [5, 5.41) is 0. The Morgan fingerprint density at radius 1 is 1.33 bits per heavy atom. The molecule has 1 rings (SSSR count). The smallest absolute Gasteiger partial charge is 0.311 e. The van der Waals surface area contributed by atoms with E-state index in [0.29, 0.717) is 12.2 Å². The minimum absolute atomic E-state index is 0.259. The predicted molar refractivity (Wildman–Crippen MR) is 45.6 cm³/mol. The maximum absolute atomic E-state index is 10.9. The lowest BCUT2D eigenvalue weighted by Gasteiger charge is -2.01. The van der Waals surface area contributed by atoms with Crippen molar-refractivity contribution in [3.8, 4) is 5.75 Å². The number of hydrogen-bond donors (Lipinski definition) is 0. The molecule has 0 fully saturated rings. The molecule has 0 bridgehead atoms. The fourth-order valence-electron chi connectivity index (χ4n) is 0.789. The number of carbonyl (C=O) groups is 1. The van der Waals surface area contributed by atoms with Gasteiger partial charge < -0.3 is 4.74 Å². The molecule has 0 amide bonds. The van der Waals surface area contributed by atoms with Crippen LogP contribution in [0, 0.1) is 6.92 Å². The van der Waals surface area contributed by atoms with E-state index >= 15 is 0 Å². The standard InChI is InChI=1S/C10H10O2/c1-2-6-10(11)12-9-7-4-3-5-8-9/h1,3-5,7-8H,2,6H2. The van der Waals surface area contributed by atoms with Crippen molar-refractivity contribution >= 4 is 5.97 Å². The van der Waals surface area contributed by atoms with Gasteiger partial charge in [-0.1, -0.05) is 18.2 Å². The van der Waals surface area contributed by atoms with E-state index in [1.165, 1.54) is 0 Å². The molecule has 0 spiro atoms. The summed E-state index contributed by atoms with van der Waals surface area (Å²) in [5.41, 5.74) is 0. The first-order chi connectivity index (χ1) is 5.83. The first kappa shape index (κ1) is 8.78. The maximum Gasteiger partial charge on any atom is 0.311 e. The summed E-state index contributed by atoms with van der Waals surface area (Å²) in [5.74, 6) is 0.277. The summed E-state index contributed by atoms with van der Waals surface area (Å²) >= 11 is 0. The molecule has 12 heavy (non-hydrogen) atoms. The van der Waals surface area contributed by atoms with Crippen LogP contribution in [-0.2, 0) is 4.79 Å². The van der Waals surface area contributed by atoms with E-state index < -0.39 is 0 Å². The fraction of sp³-hybridized carbons (Fsp3) is 0.200. The van der Waals surface area contributed by atoms with E-state index in [1.807, 2.05) is 18.2 Å². The molecule has 1 aromatic rings. The molecule has 0 aliphatic carbocycles. The Labute approximate surface area is 72.2 Å². The minimum atomic E-state index is -0.288. The van der Waals surface area contributed by atoms with Gasteiger partial charge in [-0.15, -0.1) is 0 Å². The average molecular weight is 162 g/mol. The number of esters is 1. The molecule has 2 radical (unpaired) electrons. The zero-order valence-electron chi connectivity index (χ0n) is 6.69. The molecule has 0 aliphatic heterocycles. The molecule has 62 valence electrons. The van der Waals surface area contributed by atoms with E-state index in [4.69, 9.17) is 11.7 Å². The highest BCUT2D eigenvalue weighted by molar-refractivity contribution is 5.72. The van der Waals surface area contributed by atoms with Crippen LogP contribution >= 0.6 is 0 Å². The Morgan fingerprint density at radius 3 is 2.58 bits per heavy atom. The van der Waals surface area contributed by atoms with Crippen LogP contribution in [0.3, 0.4) is 0 Å². The zero-order valence-corrected chi connectivity index (χ0v) is 6.69. The molecular weight excluding hydrogens is 152 g/mol. The molecule has 0 atom stereocenters. The van der Waals surface area contributed by atoms with Gasteiger partial charge in [-0.05, 0) is 25.5 Å². The van der Waals surface area contributed by atoms with E-state index in [1.54, 1.807) is 12.1 Å². The summed E-state index contributed by atoms with van der Waals surface area (Å²) < 4.78 is 4.94. The second kappa shape index (κ2) is 4.54. The second-order valence-electron chi connectivity index (χ2n) is 2.33. The van der Waals surface area contributed by atoms with Gasteiger partial charge >= 0.3 is 5.97 Å². The summed E-state index contributed by atoms with van der Waals surface area (Å²) in [7, 11) is 0. The lowest BCUT2D eigenvalue weighted by Crippen LogP contribution is -2.06. The normalized spacial score (nSPS) is 9.42. The highest BCUT2D eigenvalue weighted by Gasteiger charge is 2.00. The van der Waals surface area contributed by atoms with Crippen molar-refractivity contribution in [1.29, 1.82) is 0 Å². The number of ether oxygens (including phenoxy) is 1. The van der Waals surface area contributed by atoms with E-state index in [9.17, 15) is 4.79 Å². The number of carbonyl (C=O) groups excluding carboxylic acids is 1. The van der Waals surface area contributed by atoms with Gasteiger partial charge in [-0.25, -0.2) is 0 Å². The molecule has 0 heterocycles. The van der Waals surface area contributed by atoms with Gasteiger partial charge in [0, 0.05) is 6.42 Å². The zero-order chi connectivity index (χ0) is 8.81. The fourth-order valence-corrected chi connectivity index (χ4v) is 0.789. The largest absolute Gasteiger partial charge is 0.427 e. The van der Waals surface area contributed by atoms with Crippen LogP contribution in [0.15, 0.2) is 30.3 Å². The number of benzene rings is 1. The molecule has 0 saturated heterocycles. The van der Waals surface area contributed by atoms with Crippen LogP contribution in [-0.4, -0.2) is 5.97 Å². The van der Waals surface area contributed by atoms with Crippen LogP contribution < -0.4 is 4.74 Å². The first-order valence-electron chi connectivity index (χ1n) is 3.78. The second-order valence-corrected chi connectivity index (χ2v) is 2.33. The average Bonchev–Trinajstić information content (AvgIpc) is 2.06. The third-order valence-corrected chi connectivity index (χ3v) is 1.32. The van der Waals surface area contributed by atoms with Crippen molar-refractivity contribution in [2.45, 2.75) is 12.8 Å². The Hall–Kier alpha value is -1.31. The Morgan fingerprint density at radius 2 is 2.00 bits per heavy atom. The lowest BCUT2D eigenvalue weighted by molar-refractivity contribution is -0.134. The van der Waals surface area contributed by atoms with Gasteiger partial charge in [-0.2, -0.15) is 0 Å². The van der Waals surface area contributed by atoms with Gasteiger partial charge in [0.05, 0.1) is 0 Å². The molecule has 1 aromatic carbocycles. The molecule has 0 aromatic heterocycles. The number of rotatable bonds is 3. The Kier molecular flexibility index (Phi) is 3.33. The SMILES string of the molecule is [CH]CCC(=O)Oc1ccccc1. The van der Waals surface area contributed by atoms with Crippen molar-refractivity contribution in [2.24, 2.45) is 0 Å². The predicted octanol–water partition coefficient (Wildman–Crippen LogP) is 2.08. The molecule has 0 N–H and O–H groups in total. The molecule has 2 heteroatoms. The molecule has 2 nitrogen and oxygen atoms in total. The van der Waals surface area contributed by atoms with Crippen LogP contribution in [0.1, 0.15) is 12.8 Å². The van der Waals surface area contributed by atoms with Crippen molar-refractivity contribution in [3.05, 3.63) is 37.3 Å². The minimum Gasteiger partial charge on any atom is -0.427 e. The third-order valence-electron chi connectivity index (χ3n) is 1.32. The highest BCUT2D eigenvalue weighted by atomic mass is 16.5.